The smallest absolute Gasteiger partial charge is 0.248 e. The number of nitrogens with zero attached hydrogens (tertiary/aromatic N) is 1. The van der Waals surface area contributed by atoms with E-state index in [4.69, 9.17) is 4.74 Å². The zero-order valence-electron chi connectivity index (χ0n) is 13.7. The van der Waals surface area contributed by atoms with Crippen LogP contribution in [0, 0.1) is 5.41 Å². The van der Waals surface area contributed by atoms with Crippen LogP contribution in [0.5, 0.6) is 5.75 Å². The zero-order valence-corrected chi connectivity index (χ0v) is 16.8. The lowest BCUT2D eigenvalue weighted by molar-refractivity contribution is -0.125. The average molecular weight is 446 g/mol. The van der Waals surface area contributed by atoms with E-state index in [9.17, 15) is 4.79 Å². The normalized spacial score (nSPS) is 22.6. The van der Waals surface area contributed by atoms with E-state index in [2.05, 4.69) is 49.3 Å². The Morgan fingerprint density at radius 3 is 2.39 bits per heavy atom. The van der Waals surface area contributed by atoms with E-state index in [1.54, 1.807) is 0 Å². The van der Waals surface area contributed by atoms with Crippen LogP contribution < -0.4 is 10.2 Å². The Kier molecular flexibility index (Phi) is 5.89. The Bertz CT molecular complexity index is 599. The van der Waals surface area contributed by atoms with Crippen molar-refractivity contribution in [3.05, 3.63) is 29.8 Å². The van der Waals surface area contributed by atoms with Gasteiger partial charge in [0.25, 0.3) is 0 Å². The van der Waals surface area contributed by atoms with Crippen molar-refractivity contribution < 1.29 is 9.53 Å². The minimum absolute atomic E-state index is 0.0832. The molecule has 126 valence electrons. The van der Waals surface area contributed by atoms with Crippen molar-refractivity contribution >= 4 is 43.5 Å². The fraction of sp³-hybridized carbons (Fsp3) is 0.529. The number of hydrogen-bond donors (Lipinski definition) is 1. The number of nitrogens with one attached hydrogen (secondary N) is 1. The van der Waals surface area contributed by atoms with Gasteiger partial charge in [0.05, 0.1) is 21.0 Å². The number of carbonyl (C=O) groups is 1. The molecule has 6 heteroatoms. The van der Waals surface area contributed by atoms with Crippen molar-refractivity contribution in [2.75, 3.05) is 6.61 Å². The van der Waals surface area contributed by atoms with Crippen LogP contribution in [-0.2, 0) is 4.79 Å². The summed E-state index contributed by atoms with van der Waals surface area (Å²) in [5.41, 5.74) is 4.07. The molecule has 0 spiro atoms. The highest BCUT2D eigenvalue weighted by molar-refractivity contribution is 9.25. The molecule has 4 nitrogen and oxygen atoms in total. The maximum Gasteiger partial charge on any atom is 0.248 e. The molecule has 1 fully saturated rings. The third-order valence-corrected chi connectivity index (χ3v) is 6.36. The van der Waals surface area contributed by atoms with Gasteiger partial charge in [0.1, 0.15) is 5.75 Å². The largest absolute Gasteiger partial charge is 0.494 e. The van der Waals surface area contributed by atoms with Gasteiger partial charge in [-0.3, -0.25) is 4.79 Å². The van der Waals surface area contributed by atoms with E-state index < -0.39 is 5.41 Å². The van der Waals surface area contributed by atoms with Crippen LogP contribution in [0.15, 0.2) is 29.4 Å². The zero-order chi connectivity index (χ0) is 17.1. The van der Waals surface area contributed by atoms with Crippen LogP contribution >= 0.6 is 31.9 Å². The number of hydrazone groups is 1. The van der Waals surface area contributed by atoms with Crippen LogP contribution in [0.4, 0.5) is 0 Å². The lowest BCUT2D eigenvalue weighted by atomic mass is 10.1. The molecule has 0 bridgehead atoms. The van der Waals surface area contributed by atoms with Crippen LogP contribution in [0.2, 0.25) is 0 Å². The molecule has 1 N–H and O–H groups in total. The van der Waals surface area contributed by atoms with E-state index in [1.165, 1.54) is 0 Å². The second-order valence-electron chi connectivity index (χ2n) is 5.94. The van der Waals surface area contributed by atoms with Gasteiger partial charge in [-0.2, -0.15) is 5.10 Å². The Morgan fingerprint density at radius 1 is 1.30 bits per heavy atom. The Labute approximate surface area is 154 Å². The molecule has 0 radical (unpaired) electrons. The van der Waals surface area contributed by atoms with E-state index in [-0.39, 0.29) is 9.14 Å². The van der Waals surface area contributed by atoms with Crippen LogP contribution in [0.1, 0.15) is 45.6 Å². The molecule has 1 aliphatic carbocycles. The molecule has 1 atom stereocenters. The summed E-state index contributed by atoms with van der Waals surface area (Å²) in [5, 5.41) is 4.31. The van der Waals surface area contributed by atoms with Crippen molar-refractivity contribution in [3.63, 3.8) is 0 Å². The summed E-state index contributed by atoms with van der Waals surface area (Å²) in [7, 11) is 0. The van der Waals surface area contributed by atoms with Gasteiger partial charge in [-0.05, 0) is 56.0 Å². The molecule has 0 unspecified atom stereocenters. The molecule has 1 saturated carbocycles. The molecule has 0 saturated heterocycles. The Hall–Kier alpha value is -0.880. The van der Waals surface area contributed by atoms with Gasteiger partial charge in [0.15, 0.2) is 0 Å². The lowest BCUT2D eigenvalue weighted by Crippen LogP contribution is -2.30. The van der Waals surface area contributed by atoms with E-state index in [1.807, 2.05) is 38.1 Å². The van der Waals surface area contributed by atoms with Gasteiger partial charge < -0.3 is 4.74 Å². The minimum atomic E-state index is -0.465. The summed E-state index contributed by atoms with van der Waals surface area (Å²) in [6.07, 6.45) is 2.46. The van der Waals surface area contributed by atoms with Crippen LogP contribution in [-0.4, -0.2) is 21.5 Å². The predicted octanol–water partition coefficient (Wildman–Crippen LogP) is 4.60. The Balaban J connectivity index is 2.03. The molecule has 0 aliphatic heterocycles. The number of amides is 1. The van der Waals surface area contributed by atoms with Crippen LogP contribution in [0.3, 0.4) is 0 Å². The van der Waals surface area contributed by atoms with Crippen molar-refractivity contribution in [2.24, 2.45) is 10.5 Å². The fourth-order valence-electron chi connectivity index (χ4n) is 2.20. The number of benzene rings is 1. The number of rotatable bonds is 7. The molecule has 0 heterocycles. The lowest BCUT2D eigenvalue weighted by Gasteiger charge is -2.12. The minimum Gasteiger partial charge on any atom is -0.494 e. The highest BCUT2D eigenvalue weighted by Crippen LogP contribution is 2.66. The molecule has 23 heavy (non-hydrogen) atoms. The molecular formula is C17H22Br2N2O2. The number of hydrogen-bond acceptors (Lipinski definition) is 3. The van der Waals surface area contributed by atoms with Crippen molar-refractivity contribution in [1.29, 1.82) is 0 Å². The number of carbonyl (C=O) groups excluding carboxylic acids is 1. The second kappa shape index (κ2) is 7.34. The molecule has 1 aromatic carbocycles. The number of alkyl halides is 2. The highest BCUT2D eigenvalue weighted by atomic mass is 79.9. The molecule has 1 aliphatic rings. The Morgan fingerprint density at radius 2 is 1.91 bits per heavy atom. The number of halogens is 2. The third-order valence-electron chi connectivity index (χ3n) is 4.05. The molecule has 0 aromatic heterocycles. The van der Waals surface area contributed by atoms with Gasteiger partial charge >= 0.3 is 0 Å². The summed E-state index contributed by atoms with van der Waals surface area (Å²) in [6.45, 7) is 6.72. The second-order valence-corrected chi connectivity index (χ2v) is 9.71. The van der Waals surface area contributed by atoms with Gasteiger partial charge in [-0.1, -0.05) is 45.7 Å². The summed E-state index contributed by atoms with van der Waals surface area (Å²) in [5.74, 6) is 0.768. The summed E-state index contributed by atoms with van der Waals surface area (Å²) < 4.78 is 5.27. The fourth-order valence-corrected chi connectivity index (χ4v) is 3.68. The average Bonchev–Trinajstić information content (AvgIpc) is 3.06. The molecule has 1 aromatic rings. The maximum atomic E-state index is 12.3. The van der Waals surface area contributed by atoms with Gasteiger partial charge in [-0.25, -0.2) is 5.43 Å². The first-order chi connectivity index (χ1) is 10.8. The van der Waals surface area contributed by atoms with Crippen molar-refractivity contribution in [3.8, 4) is 5.75 Å². The third kappa shape index (κ3) is 4.15. The predicted molar refractivity (Wildman–Crippen MR) is 101 cm³/mol. The molecule has 1 amide bonds. The van der Waals surface area contributed by atoms with E-state index in [0.717, 1.165) is 36.3 Å². The van der Waals surface area contributed by atoms with Gasteiger partial charge in [0, 0.05) is 0 Å². The summed E-state index contributed by atoms with van der Waals surface area (Å²) in [6, 6.07) is 7.81. The molecular weight excluding hydrogens is 424 g/mol. The summed E-state index contributed by atoms with van der Waals surface area (Å²) >= 11 is 7.00. The first kappa shape index (κ1) is 18.5. The van der Waals surface area contributed by atoms with E-state index in [0.29, 0.717) is 6.61 Å². The quantitative estimate of drug-likeness (QED) is 0.378. The maximum absolute atomic E-state index is 12.3. The van der Waals surface area contributed by atoms with E-state index >= 15 is 0 Å². The van der Waals surface area contributed by atoms with Crippen molar-refractivity contribution in [1.82, 2.24) is 5.43 Å². The highest BCUT2D eigenvalue weighted by Gasteiger charge is 2.66. The standard InChI is InChI=1S/C17H22Br2N2O2/c1-4-10-23-13-8-6-12(7-9-13)14(5-2)20-21-15(22)16(3)11-17(16,18)19/h6-9H,4-5,10-11H2,1-3H3,(H,21,22)/b20-14-/t16-/m1/s1. The summed E-state index contributed by atoms with van der Waals surface area (Å²) in [4.78, 5) is 12.3. The molecule has 2 rings (SSSR count). The SMILES string of the molecule is CCCOc1ccc(/C(CC)=N\NC(=O)[C@@]2(C)CC2(Br)Br)cc1. The van der Waals surface area contributed by atoms with Crippen molar-refractivity contribution in [2.45, 2.75) is 43.3 Å². The monoisotopic (exact) mass is 444 g/mol. The van der Waals surface area contributed by atoms with Gasteiger partial charge in [-0.15, -0.1) is 0 Å². The topological polar surface area (TPSA) is 50.7 Å². The first-order valence-electron chi connectivity index (χ1n) is 7.82. The number of ether oxygens (including phenoxy) is 1. The van der Waals surface area contributed by atoms with Gasteiger partial charge in [0.2, 0.25) is 5.91 Å². The first-order valence-corrected chi connectivity index (χ1v) is 9.40. The van der Waals surface area contributed by atoms with Crippen LogP contribution in [0.25, 0.3) is 0 Å².